The van der Waals surface area contributed by atoms with Crippen molar-refractivity contribution in [1.82, 2.24) is 10.2 Å². The van der Waals surface area contributed by atoms with E-state index in [2.05, 4.69) is 15.5 Å². The highest BCUT2D eigenvalue weighted by Gasteiger charge is 2.17. The van der Waals surface area contributed by atoms with Crippen molar-refractivity contribution < 1.29 is 9.59 Å². The summed E-state index contributed by atoms with van der Waals surface area (Å²) in [6.07, 6.45) is 0. The van der Waals surface area contributed by atoms with Crippen LogP contribution in [-0.4, -0.2) is 40.6 Å². The fraction of sp³-hybridized carbons (Fsp3) is 0.200. The number of nitrogens with one attached hydrogen (secondary N) is 1. The molecular weight excluding hydrogens is 392 g/mol. The highest BCUT2D eigenvalue weighted by atomic mass is 32.2. The number of hydrogen-bond donors (Lipinski definition) is 1. The average Bonchev–Trinajstić information content (AvgIpc) is 3.20. The first kappa shape index (κ1) is 20.0. The summed E-state index contributed by atoms with van der Waals surface area (Å²) in [6, 6.07) is 17.3. The van der Waals surface area contributed by atoms with E-state index in [1.54, 1.807) is 7.05 Å². The lowest BCUT2D eigenvalue weighted by molar-refractivity contribution is -0.115. The second kappa shape index (κ2) is 9.48. The predicted molar refractivity (Wildman–Crippen MR) is 116 cm³/mol. The van der Waals surface area contributed by atoms with E-state index in [9.17, 15) is 9.59 Å². The molecule has 0 radical (unpaired) electrons. The highest BCUT2D eigenvalue weighted by molar-refractivity contribution is 8.00. The van der Waals surface area contributed by atoms with Gasteiger partial charge in [0.25, 0.3) is 0 Å². The maximum absolute atomic E-state index is 12.4. The first-order valence-electron chi connectivity index (χ1n) is 8.62. The van der Waals surface area contributed by atoms with Gasteiger partial charge in [-0.25, -0.2) is 0 Å². The minimum atomic E-state index is -0.133. The largest absolute Gasteiger partial charge is 0.325 e. The number of thioether (sulfide) groups is 1. The molecule has 1 heterocycles. The van der Waals surface area contributed by atoms with Crippen molar-refractivity contribution in [3.05, 3.63) is 60.2 Å². The fourth-order valence-corrected chi connectivity index (χ4v) is 3.87. The van der Waals surface area contributed by atoms with Crippen LogP contribution in [0.4, 0.5) is 10.8 Å². The summed E-state index contributed by atoms with van der Waals surface area (Å²) >= 11 is 2.63. The molecule has 8 heteroatoms. The Labute approximate surface area is 172 Å². The van der Waals surface area contributed by atoms with Crippen LogP contribution in [0.15, 0.2) is 54.6 Å². The molecule has 3 rings (SSSR count). The van der Waals surface area contributed by atoms with E-state index in [4.69, 9.17) is 0 Å². The third-order valence-corrected chi connectivity index (χ3v) is 5.86. The van der Waals surface area contributed by atoms with Crippen LogP contribution >= 0.6 is 23.1 Å². The maximum atomic E-state index is 12.4. The molecule has 144 valence electrons. The number of aryl methyl sites for hydroxylation is 1. The predicted octanol–water partition coefficient (Wildman–Crippen LogP) is 3.85. The van der Waals surface area contributed by atoms with Gasteiger partial charge >= 0.3 is 0 Å². The van der Waals surface area contributed by atoms with Gasteiger partial charge in [-0.15, -0.1) is 22.0 Å². The van der Waals surface area contributed by atoms with Gasteiger partial charge in [0.05, 0.1) is 11.5 Å². The van der Waals surface area contributed by atoms with Crippen LogP contribution < -0.4 is 10.2 Å². The number of carbonyl (C=O) groups excluding carboxylic acids is 2. The summed E-state index contributed by atoms with van der Waals surface area (Å²) in [7, 11) is 1.67. The zero-order chi connectivity index (χ0) is 19.9. The Morgan fingerprint density at radius 1 is 1.04 bits per heavy atom. The van der Waals surface area contributed by atoms with Crippen molar-refractivity contribution in [3.8, 4) is 10.6 Å². The zero-order valence-electron chi connectivity index (χ0n) is 15.6. The van der Waals surface area contributed by atoms with Gasteiger partial charge < -0.3 is 5.32 Å². The van der Waals surface area contributed by atoms with Crippen molar-refractivity contribution in [2.24, 2.45) is 0 Å². The third-order valence-electron chi connectivity index (χ3n) is 3.89. The molecule has 0 spiro atoms. The quantitative estimate of drug-likeness (QED) is 0.638. The smallest absolute Gasteiger partial charge is 0.238 e. The number of benzene rings is 2. The molecule has 0 atom stereocenters. The van der Waals surface area contributed by atoms with Gasteiger partial charge in [-0.2, -0.15) is 0 Å². The summed E-state index contributed by atoms with van der Waals surface area (Å²) in [6.45, 7) is 1.99. The van der Waals surface area contributed by atoms with Gasteiger partial charge in [-0.1, -0.05) is 59.4 Å². The number of amides is 2. The minimum absolute atomic E-state index is 0.121. The highest BCUT2D eigenvalue weighted by Crippen LogP contribution is 2.28. The maximum Gasteiger partial charge on any atom is 0.238 e. The number of rotatable bonds is 7. The fourth-order valence-electron chi connectivity index (χ4n) is 2.32. The molecule has 0 bridgehead atoms. The molecule has 2 amide bonds. The van der Waals surface area contributed by atoms with Gasteiger partial charge in [-0.05, 0) is 19.1 Å². The molecule has 0 saturated heterocycles. The SMILES string of the molecule is Cc1ccc(NC(=O)CSCC(=O)N(C)c2nnc(-c3ccccc3)s2)cc1. The molecule has 6 nitrogen and oxygen atoms in total. The van der Waals surface area contributed by atoms with E-state index in [1.807, 2.05) is 61.5 Å². The van der Waals surface area contributed by atoms with Crippen LogP contribution in [0.3, 0.4) is 0 Å². The number of carbonyl (C=O) groups is 2. The van der Waals surface area contributed by atoms with Gasteiger partial charge in [-0.3, -0.25) is 14.5 Å². The van der Waals surface area contributed by atoms with Crippen molar-refractivity contribution in [2.45, 2.75) is 6.92 Å². The van der Waals surface area contributed by atoms with Gasteiger partial charge in [0.1, 0.15) is 5.01 Å². The van der Waals surface area contributed by atoms with E-state index in [-0.39, 0.29) is 23.3 Å². The molecule has 2 aromatic carbocycles. The van der Waals surface area contributed by atoms with Crippen molar-refractivity contribution >= 4 is 45.7 Å². The van der Waals surface area contributed by atoms with E-state index in [0.29, 0.717) is 5.13 Å². The van der Waals surface area contributed by atoms with Gasteiger partial charge in [0.2, 0.25) is 16.9 Å². The molecule has 0 aliphatic rings. The molecule has 0 fully saturated rings. The Bertz CT molecular complexity index is 942. The van der Waals surface area contributed by atoms with Crippen LogP contribution in [0.1, 0.15) is 5.56 Å². The van der Waals surface area contributed by atoms with Gasteiger partial charge in [0.15, 0.2) is 0 Å². The molecule has 0 unspecified atom stereocenters. The monoisotopic (exact) mass is 412 g/mol. The molecule has 0 saturated carbocycles. The first-order chi connectivity index (χ1) is 13.5. The molecular formula is C20H20N4O2S2. The first-order valence-corrected chi connectivity index (χ1v) is 10.6. The molecule has 0 aliphatic carbocycles. The standard InChI is InChI=1S/C20H20N4O2S2/c1-14-8-10-16(11-9-14)21-17(25)12-27-13-18(26)24(2)20-23-22-19(28-20)15-6-4-3-5-7-15/h3-11H,12-13H2,1-2H3,(H,21,25). The number of nitrogens with zero attached hydrogens (tertiary/aromatic N) is 3. The van der Waals surface area contributed by atoms with E-state index in [1.165, 1.54) is 28.0 Å². The lowest BCUT2D eigenvalue weighted by Gasteiger charge is -2.12. The average molecular weight is 413 g/mol. The second-order valence-electron chi connectivity index (χ2n) is 6.12. The summed E-state index contributed by atoms with van der Waals surface area (Å²) < 4.78 is 0. The van der Waals surface area contributed by atoms with Crippen molar-refractivity contribution in [2.75, 3.05) is 28.8 Å². The van der Waals surface area contributed by atoms with E-state index >= 15 is 0 Å². The van der Waals surface area contributed by atoms with Crippen LogP contribution in [0.5, 0.6) is 0 Å². The van der Waals surface area contributed by atoms with Gasteiger partial charge in [0, 0.05) is 18.3 Å². The zero-order valence-corrected chi connectivity index (χ0v) is 17.2. The molecule has 1 N–H and O–H groups in total. The Morgan fingerprint density at radius 3 is 2.46 bits per heavy atom. The molecule has 1 aromatic heterocycles. The summed E-state index contributed by atoms with van der Waals surface area (Å²) in [4.78, 5) is 25.9. The molecule has 3 aromatic rings. The van der Waals surface area contributed by atoms with Crippen LogP contribution in [0, 0.1) is 6.92 Å². The Kier molecular flexibility index (Phi) is 6.78. The summed E-state index contributed by atoms with van der Waals surface area (Å²) in [5.41, 5.74) is 2.85. The third kappa shape index (κ3) is 5.40. The summed E-state index contributed by atoms with van der Waals surface area (Å²) in [5, 5.41) is 12.4. The summed E-state index contributed by atoms with van der Waals surface area (Å²) in [5.74, 6) is 0.146. The van der Waals surface area contributed by atoms with Crippen LogP contribution in [-0.2, 0) is 9.59 Å². The minimum Gasteiger partial charge on any atom is -0.325 e. The Morgan fingerprint density at radius 2 is 1.75 bits per heavy atom. The number of aromatic nitrogens is 2. The lowest BCUT2D eigenvalue weighted by Crippen LogP contribution is -2.28. The molecule has 0 aliphatic heterocycles. The van der Waals surface area contributed by atoms with Crippen LogP contribution in [0.25, 0.3) is 10.6 Å². The number of hydrogen-bond acceptors (Lipinski definition) is 6. The number of anilines is 2. The second-order valence-corrected chi connectivity index (χ2v) is 8.06. The van der Waals surface area contributed by atoms with Crippen LogP contribution in [0.2, 0.25) is 0 Å². The molecule has 28 heavy (non-hydrogen) atoms. The van der Waals surface area contributed by atoms with E-state index in [0.717, 1.165) is 21.8 Å². The lowest BCUT2D eigenvalue weighted by atomic mass is 10.2. The van der Waals surface area contributed by atoms with E-state index < -0.39 is 0 Å². The Balaban J connectivity index is 1.47. The van der Waals surface area contributed by atoms with Crippen molar-refractivity contribution in [3.63, 3.8) is 0 Å². The Hall–Kier alpha value is -2.71. The normalized spacial score (nSPS) is 10.5. The topological polar surface area (TPSA) is 75.2 Å². The van der Waals surface area contributed by atoms with Crippen molar-refractivity contribution in [1.29, 1.82) is 0 Å².